The van der Waals surface area contributed by atoms with E-state index in [1.54, 1.807) is 18.2 Å². The van der Waals surface area contributed by atoms with E-state index in [0.29, 0.717) is 28.1 Å². The normalized spacial score (nSPS) is 11.2. The summed E-state index contributed by atoms with van der Waals surface area (Å²) in [7, 11) is 0. The molecule has 0 aliphatic rings. The molecule has 3 aromatic rings. The molecule has 0 bridgehead atoms. The molecule has 0 N–H and O–H groups in total. The number of hydrogen-bond acceptors (Lipinski definition) is 3. The third kappa shape index (κ3) is 5.96. The van der Waals surface area contributed by atoms with Gasteiger partial charge in [0.1, 0.15) is 11.5 Å². The first kappa shape index (κ1) is 22.6. The van der Waals surface area contributed by atoms with Gasteiger partial charge in [0.15, 0.2) is 0 Å². The molecule has 0 atom stereocenters. The zero-order valence-electron chi connectivity index (χ0n) is 17.2. The van der Waals surface area contributed by atoms with Crippen LogP contribution in [0, 0.1) is 0 Å². The molecule has 0 spiro atoms. The Morgan fingerprint density at radius 1 is 0.867 bits per heavy atom. The van der Waals surface area contributed by atoms with Crippen molar-refractivity contribution in [1.82, 2.24) is 0 Å². The van der Waals surface area contributed by atoms with Crippen LogP contribution >= 0.6 is 31.9 Å². The largest absolute Gasteiger partial charge is 0.492 e. The third-order valence-corrected chi connectivity index (χ3v) is 5.90. The zero-order valence-corrected chi connectivity index (χ0v) is 20.4. The van der Waals surface area contributed by atoms with Gasteiger partial charge in [0.25, 0.3) is 0 Å². The van der Waals surface area contributed by atoms with Crippen LogP contribution in [0.2, 0.25) is 0 Å². The zero-order chi connectivity index (χ0) is 21.7. The molecule has 3 aromatic carbocycles. The summed E-state index contributed by atoms with van der Waals surface area (Å²) in [4.78, 5) is 12.6. The van der Waals surface area contributed by atoms with E-state index in [2.05, 4.69) is 64.8 Å². The molecule has 0 fully saturated rings. The number of carbonyl (C=O) groups is 1. The standard InChI is InChI=1S/C25H24Br2O3/c1-25(2,3)19-10-12-23(21(27)16-19)30-24(28)18-9-11-22(20(26)15-18)29-14-13-17-7-5-4-6-8-17/h4-12,15-16H,13-14H2,1-3H3. The van der Waals surface area contributed by atoms with Gasteiger partial charge < -0.3 is 9.47 Å². The maximum absolute atomic E-state index is 12.6. The Labute approximate surface area is 194 Å². The summed E-state index contributed by atoms with van der Waals surface area (Å²) < 4.78 is 12.9. The van der Waals surface area contributed by atoms with E-state index < -0.39 is 5.97 Å². The molecule has 156 valence electrons. The van der Waals surface area contributed by atoms with Gasteiger partial charge in [0, 0.05) is 6.42 Å². The first-order valence-electron chi connectivity index (χ1n) is 9.72. The van der Waals surface area contributed by atoms with Gasteiger partial charge in [-0.25, -0.2) is 4.79 Å². The van der Waals surface area contributed by atoms with Crippen molar-refractivity contribution >= 4 is 37.8 Å². The Hall–Kier alpha value is -2.11. The number of carbonyl (C=O) groups excluding carboxylic acids is 1. The number of rotatable bonds is 6. The molecule has 0 heterocycles. The monoisotopic (exact) mass is 530 g/mol. The fourth-order valence-electron chi connectivity index (χ4n) is 2.88. The lowest BCUT2D eigenvalue weighted by Gasteiger charge is -2.20. The van der Waals surface area contributed by atoms with Gasteiger partial charge >= 0.3 is 5.97 Å². The number of halogens is 2. The van der Waals surface area contributed by atoms with Crippen molar-refractivity contribution in [1.29, 1.82) is 0 Å². The molecule has 3 nitrogen and oxygen atoms in total. The molecular formula is C25H24Br2O3. The quantitative estimate of drug-likeness (QED) is 0.246. The first-order valence-corrected chi connectivity index (χ1v) is 11.3. The second-order valence-corrected chi connectivity index (χ2v) is 9.72. The summed E-state index contributed by atoms with van der Waals surface area (Å²) in [6, 6.07) is 21.2. The van der Waals surface area contributed by atoms with E-state index in [1.165, 1.54) is 5.56 Å². The lowest BCUT2D eigenvalue weighted by molar-refractivity contribution is 0.0733. The van der Waals surface area contributed by atoms with E-state index in [0.717, 1.165) is 16.5 Å². The highest BCUT2D eigenvalue weighted by Crippen LogP contribution is 2.32. The molecule has 0 amide bonds. The SMILES string of the molecule is CC(C)(C)c1ccc(OC(=O)c2ccc(OCCc3ccccc3)c(Br)c2)c(Br)c1. The van der Waals surface area contributed by atoms with Crippen molar-refractivity contribution in [3.8, 4) is 11.5 Å². The van der Waals surface area contributed by atoms with Gasteiger partial charge in [-0.3, -0.25) is 0 Å². The minimum absolute atomic E-state index is 0.0201. The topological polar surface area (TPSA) is 35.5 Å². The van der Waals surface area contributed by atoms with Crippen LogP contribution in [0.3, 0.4) is 0 Å². The summed E-state index contributed by atoms with van der Waals surface area (Å²) in [5.74, 6) is 0.765. The van der Waals surface area contributed by atoms with Crippen LogP contribution in [0.15, 0.2) is 75.7 Å². The highest BCUT2D eigenvalue weighted by atomic mass is 79.9. The van der Waals surface area contributed by atoms with Crippen LogP contribution in [0.1, 0.15) is 42.3 Å². The van der Waals surface area contributed by atoms with Crippen LogP contribution in [0.5, 0.6) is 11.5 Å². The van der Waals surface area contributed by atoms with E-state index in [1.807, 2.05) is 36.4 Å². The fraction of sp³-hybridized carbons (Fsp3) is 0.240. The van der Waals surface area contributed by atoms with Crippen molar-refractivity contribution in [2.75, 3.05) is 6.61 Å². The third-order valence-electron chi connectivity index (χ3n) is 4.66. The lowest BCUT2D eigenvalue weighted by Crippen LogP contribution is -2.12. The van der Waals surface area contributed by atoms with Crippen molar-refractivity contribution in [3.05, 3.63) is 92.4 Å². The van der Waals surface area contributed by atoms with E-state index in [9.17, 15) is 4.79 Å². The minimum atomic E-state index is -0.421. The number of ether oxygens (including phenoxy) is 2. The Bertz CT molecular complexity index is 1020. The number of hydrogen-bond donors (Lipinski definition) is 0. The van der Waals surface area contributed by atoms with Crippen molar-refractivity contribution in [2.45, 2.75) is 32.6 Å². The average Bonchev–Trinajstić information content (AvgIpc) is 2.70. The van der Waals surface area contributed by atoms with E-state index in [-0.39, 0.29) is 5.41 Å². The molecule has 0 aromatic heterocycles. The summed E-state index contributed by atoms with van der Waals surface area (Å²) >= 11 is 7.00. The molecule has 0 aliphatic carbocycles. The second kappa shape index (κ2) is 9.80. The predicted molar refractivity (Wildman–Crippen MR) is 128 cm³/mol. The van der Waals surface area contributed by atoms with E-state index >= 15 is 0 Å². The fourth-order valence-corrected chi connectivity index (χ4v) is 3.83. The Balaban J connectivity index is 1.63. The molecule has 0 radical (unpaired) electrons. The lowest BCUT2D eigenvalue weighted by atomic mass is 9.87. The summed E-state index contributed by atoms with van der Waals surface area (Å²) in [5.41, 5.74) is 2.85. The van der Waals surface area contributed by atoms with E-state index in [4.69, 9.17) is 9.47 Å². The Morgan fingerprint density at radius 2 is 1.53 bits per heavy atom. The molecule has 5 heteroatoms. The van der Waals surface area contributed by atoms with Crippen LogP contribution in [-0.4, -0.2) is 12.6 Å². The van der Waals surface area contributed by atoms with Gasteiger partial charge in [-0.05, 0) is 78.7 Å². The van der Waals surface area contributed by atoms with Crippen LogP contribution in [0.4, 0.5) is 0 Å². The molecule has 0 saturated carbocycles. The molecule has 0 saturated heterocycles. The maximum atomic E-state index is 12.6. The maximum Gasteiger partial charge on any atom is 0.343 e. The number of esters is 1. The highest BCUT2D eigenvalue weighted by molar-refractivity contribution is 9.10. The van der Waals surface area contributed by atoms with Gasteiger partial charge in [-0.1, -0.05) is 57.2 Å². The molecule has 3 rings (SSSR count). The van der Waals surface area contributed by atoms with Gasteiger partial charge in [0.05, 0.1) is 21.1 Å². The first-order chi connectivity index (χ1) is 14.2. The highest BCUT2D eigenvalue weighted by Gasteiger charge is 2.17. The Morgan fingerprint density at radius 3 is 2.17 bits per heavy atom. The second-order valence-electron chi connectivity index (χ2n) is 8.01. The summed E-state index contributed by atoms with van der Waals surface area (Å²) in [6.07, 6.45) is 0.815. The van der Waals surface area contributed by atoms with Crippen molar-refractivity contribution < 1.29 is 14.3 Å². The van der Waals surface area contributed by atoms with Gasteiger partial charge in [0.2, 0.25) is 0 Å². The van der Waals surface area contributed by atoms with Crippen molar-refractivity contribution in [2.24, 2.45) is 0 Å². The van der Waals surface area contributed by atoms with Gasteiger partial charge in [-0.15, -0.1) is 0 Å². The van der Waals surface area contributed by atoms with Crippen LogP contribution < -0.4 is 9.47 Å². The molecule has 0 aliphatic heterocycles. The predicted octanol–water partition coefficient (Wildman–Crippen LogP) is 7.35. The molecule has 30 heavy (non-hydrogen) atoms. The smallest absolute Gasteiger partial charge is 0.343 e. The average molecular weight is 532 g/mol. The minimum Gasteiger partial charge on any atom is -0.492 e. The van der Waals surface area contributed by atoms with Crippen LogP contribution in [-0.2, 0) is 11.8 Å². The molecular weight excluding hydrogens is 508 g/mol. The summed E-state index contributed by atoms with van der Waals surface area (Å²) in [6.45, 7) is 6.98. The van der Waals surface area contributed by atoms with Crippen LogP contribution in [0.25, 0.3) is 0 Å². The molecule has 0 unspecified atom stereocenters. The number of benzene rings is 3. The summed E-state index contributed by atoms with van der Waals surface area (Å²) in [5, 5.41) is 0. The van der Waals surface area contributed by atoms with Crippen molar-refractivity contribution in [3.63, 3.8) is 0 Å². The van der Waals surface area contributed by atoms with Gasteiger partial charge in [-0.2, -0.15) is 0 Å². The Kier molecular flexibility index (Phi) is 7.37.